The molecule has 0 saturated heterocycles. The van der Waals surface area contributed by atoms with Crippen molar-refractivity contribution in [3.05, 3.63) is 32.7 Å². The van der Waals surface area contributed by atoms with Gasteiger partial charge in [-0.25, -0.2) is 0 Å². The van der Waals surface area contributed by atoms with Crippen LogP contribution >= 0.6 is 31.9 Å². The van der Waals surface area contributed by atoms with Crippen molar-refractivity contribution in [2.24, 2.45) is 5.41 Å². The Kier molecular flexibility index (Phi) is 5.03. The molecule has 3 nitrogen and oxygen atoms in total. The molecule has 1 aromatic rings. The molecule has 0 atom stereocenters. The molecule has 0 spiro atoms. The summed E-state index contributed by atoms with van der Waals surface area (Å²) in [5.41, 5.74) is 0.932. The molecule has 1 aliphatic rings. The second kappa shape index (κ2) is 6.37. The maximum atomic E-state index is 12.2. The molecule has 1 saturated carbocycles. The average molecular weight is 391 g/mol. The zero-order chi connectivity index (χ0) is 13.9. The van der Waals surface area contributed by atoms with Gasteiger partial charge in [-0.05, 0) is 58.8 Å². The van der Waals surface area contributed by atoms with Crippen molar-refractivity contribution < 1.29 is 9.53 Å². The predicted molar refractivity (Wildman–Crippen MR) is 82.3 cm³/mol. The minimum absolute atomic E-state index is 0.0307. The molecule has 19 heavy (non-hydrogen) atoms. The summed E-state index contributed by atoms with van der Waals surface area (Å²) in [6.45, 7) is 1.49. The van der Waals surface area contributed by atoms with Gasteiger partial charge in [-0.3, -0.25) is 4.79 Å². The fourth-order valence-corrected chi connectivity index (χ4v) is 2.83. The summed E-state index contributed by atoms with van der Waals surface area (Å²) in [7, 11) is 1.72. The van der Waals surface area contributed by atoms with E-state index in [0.717, 1.165) is 28.5 Å². The standard InChI is InChI=1S/C14H17Br2NO2/c1-19-7-6-14(4-5-14)9-17-13(18)11-8-10(15)2-3-12(11)16/h2-3,8H,4-7,9H2,1H3,(H,17,18). The van der Waals surface area contributed by atoms with Crippen LogP contribution in [0.4, 0.5) is 0 Å². The summed E-state index contributed by atoms with van der Waals surface area (Å²) in [5.74, 6) is -0.0307. The van der Waals surface area contributed by atoms with Crippen LogP contribution in [-0.4, -0.2) is 26.2 Å². The van der Waals surface area contributed by atoms with Crippen molar-refractivity contribution >= 4 is 37.8 Å². The van der Waals surface area contributed by atoms with Gasteiger partial charge in [0.1, 0.15) is 0 Å². The largest absolute Gasteiger partial charge is 0.385 e. The van der Waals surface area contributed by atoms with E-state index >= 15 is 0 Å². The number of carbonyl (C=O) groups excluding carboxylic acids is 1. The van der Waals surface area contributed by atoms with Crippen molar-refractivity contribution in [2.45, 2.75) is 19.3 Å². The third kappa shape index (κ3) is 4.04. The van der Waals surface area contributed by atoms with Gasteiger partial charge >= 0.3 is 0 Å². The number of nitrogens with one attached hydrogen (secondary N) is 1. The first-order valence-electron chi connectivity index (χ1n) is 6.28. The van der Waals surface area contributed by atoms with Crippen LogP contribution < -0.4 is 5.32 Å². The topological polar surface area (TPSA) is 38.3 Å². The Morgan fingerprint density at radius 3 is 2.79 bits per heavy atom. The number of carbonyl (C=O) groups is 1. The van der Waals surface area contributed by atoms with E-state index in [2.05, 4.69) is 37.2 Å². The normalized spacial score (nSPS) is 16.2. The Bertz CT molecular complexity index is 473. The molecular formula is C14H17Br2NO2. The van der Waals surface area contributed by atoms with E-state index in [1.165, 1.54) is 12.8 Å². The highest BCUT2D eigenvalue weighted by Gasteiger charge is 2.42. The Hall–Kier alpha value is -0.390. The molecule has 2 rings (SSSR count). The van der Waals surface area contributed by atoms with Crippen molar-refractivity contribution in [3.63, 3.8) is 0 Å². The van der Waals surface area contributed by atoms with E-state index in [9.17, 15) is 4.79 Å². The van der Waals surface area contributed by atoms with Gasteiger partial charge in [0, 0.05) is 29.2 Å². The van der Waals surface area contributed by atoms with Crippen LogP contribution in [0.25, 0.3) is 0 Å². The molecule has 5 heteroatoms. The number of benzene rings is 1. The predicted octanol–water partition coefficient (Wildman–Crippen LogP) is 3.76. The summed E-state index contributed by atoms with van der Waals surface area (Å²) in [4.78, 5) is 12.2. The van der Waals surface area contributed by atoms with Gasteiger partial charge in [0.2, 0.25) is 0 Å². The molecule has 0 radical (unpaired) electrons. The van der Waals surface area contributed by atoms with Gasteiger partial charge < -0.3 is 10.1 Å². The van der Waals surface area contributed by atoms with Crippen molar-refractivity contribution in [1.29, 1.82) is 0 Å². The van der Waals surface area contributed by atoms with Crippen molar-refractivity contribution in [1.82, 2.24) is 5.32 Å². The van der Waals surface area contributed by atoms with E-state index in [-0.39, 0.29) is 11.3 Å². The van der Waals surface area contributed by atoms with Crippen LogP contribution in [0.15, 0.2) is 27.1 Å². The first kappa shape index (κ1) is 15.0. The Morgan fingerprint density at radius 2 is 2.16 bits per heavy atom. The number of rotatable bonds is 6. The Morgan fingerprint density at radius 1 is 1.42 bits per heavy atom. The lowest BCUT2D eigenvalue weighted by molar-refractivity contribution is 0.0937. The molecule has 104 valence electrons. The SMILES string of the molecule is COCCC1(CNC(=O)c2cc(Br)ccc2Br)CC1. The van der Waals surface area contributed by atoms with Crippen LogP contribution in [0.5, 0.6) is 0 Å². The van der Waals surface area contributed by atoms with Gasteiger partial charge in [0.15, 0.2) is 0 Å². The molecule has 1 N–H and O–H groups in total. The summed E-state index contributed by atoms with van der Waals surface area (Å²) in [6, 6.07) is 5.60. The van der Waals surface area contributed by atoms with E-state index in [1.54, 1.807) is 7.11 Å². The van der Waals surface area contributed by atoms with E-state index in [1.807, 2.05) is 18.2 Å². The number of hydrogen-bond acceptors (Lipinski definition) is 2. The minimum atomic E-state index is -0.0307. The fraction of sp³-hybridized carbons (Fsp3) is 0.500. The van der Waals surface area contributed by atoms with Gasteiger partial charge in [-0.15, -0.1) is 0 Å². The molecule has 1 aliphatic carbocycles. The monoisotopic (exact) mass is 389 g/mol. The molecule has 0 aromatic heterocycles. The highest BCUT2D eigenvalue weighted by atomic mass is 79.9. The third-order valence-corrected chi connectivity index (χ3v) is 4.78. The molecule has 0 bridgehead atoms. The zero-order valence-electron chi connectivity index (χ0n) is 10.8. The van der Waals surface area contributed by atoms with Crippen LogP contribution in [0.2, 0.25) is 0 Å². The van der Waals surface area contributed by atoms with Crippen molar-refractivity contribution in [2.75, 3.05) is 20.3 Å². The Labute approximate surface area is 130 Å². The number of hydrogen-bond donors (Lipinski definition) is 1. The molecule has 0 heterocycles. The molecule has 1 amide bonds. The van der Waals surface area contributed by atoms with Crippen LogP contribution in [0.1, 0.15) is 29.6 Å². The number of amides is 1. The highest BCUT2D eigenvalue weighted by molar-refractivity contribution is 9.11. The highest BCUT2D eigenvalue weighted by Crippen LogP contribution is 2.48. The first-order valence-corrected chi connectivity index (χ1v) is 7.87. The zero-order valence-corrected chi connectivity index (χ0v) is 14.0. The second-order valence-corrected chi connectivity index (χ2v) is 6.82. The van der Waals surface area contributed by atoms with Crippen LogP contribution in [0, 0.1) is 5.41 Å². The fourth-order valence-electron chi connectivity index (χ4n) is 2.05. The summed E-state index contributed by atoms with van der Waals surface area (Å²) >= 11 is 6.79. The smallest absolute Gasteiger partial charge is 0.252 e. The Balaban J connectivity index is 1.93. The molecule has 1 fully saturated rings. The maximum absolute atomic E-state index is 12.2. The lowest BCUT2D eigenvalue weighted by Crippen LogP contribution is -2.31. The number of ether oxygens (including phenoxy) is 1. The molecule has 0 unspecified atom stereocenters. The summed E-state index contributed by atoms with van der Waals surface area (Å²) < 4.78 is 6.84. The summed E-state index contributed by atoms with van der Waals surface area (Å²) in [5, 5.41) is 3.03. The molecular weight excluding hydrogens is 374 g/mol. The van der Waals surface area contributed by atoms with E-state index in [4.69, 9.17) is 4.74 Å². The second-order valence-electron chi connectivity index (χ2n) is 5.05. The van der Waals surface area contributed by atoms with E-state index in [0.29, 0.717) is 5.56 Å². The van der Waals surface area contributed by atoms with Crippen molar-refractivity contribution in [3.8, 4) is 0 Å². The van der Waals surface area contributed by atoms with Gasteiger partial charge in [0.25, 0.3) is 5.91 Å². The van der Waals surface area contributed by atoms with E-state index < -0.39 is 0 Å². The van der Waals surface area contributed by atoms with Gasteiger partial charge in [-0.2, -0.15) is 0 Å². The quantitative estimate of drug-likeness (QED) is 0.802. The molecule has 1 aromatic carbocycles. The van der Waals surface area contributed by atoms with Gasteiger partial charge in [0.05, 0.1) is 5.56 Å². The molecule has 0 aliphatic heterocycles. The van der Waals surface area contributed by atoms with Crippen LogP contribution in [0.3, 0.4) is 0 Å². The number of halogens is 2. The minimum Gasteiger partial charge on any atom is -0.385 e. The lowest BCUT2D eigenvalue weighted by Gasteiger charge is -2.16. The average Bonchev–Trinajstić information content (AvgIpc) is 3.17. The number of methoxy groups -OCH3 is 1. The third-order valence-electron chi connectivity index (χ3n) is 3.59. The van der Waals surface area contributed by atoms with Crippen LogP contribution in [-0.2, 0) is 4.74 Å². The van der Waals surface area contributed by atoms with Gasteiger partial charge in [-0.1, -0.05) is 15.9 Å². The lowest BCUT2D eigenvalue weighted by atomic mass is 10.0. The summed E-state index contributed by atoms with van der Waals surface area (Å²) in [6.07, 6.45) is 3.37. The first-order chi connectivity index (χ1) is 9.06. The maximum Gasteiger partial charge on any atom is 0.252 e.